The number of hydrogen-bond acceptors (Lipinski definition) is 3. The van der Waals surface area contributed by atoms with Gasteiger partial charge in [0, 0.05) is 12.5 Å². The molecule has 108 valence electrons. The molecular weight excluding hydrogens is 256 g/mol. The predicted octanol–water partition coefficient (Wildman–Crippen LogP) is 2.04. The van der Waals surface area contributed by atoms with Gasteiger partial charge in [0.25, 0.3) is 0 Å². The van der Waals surface area contributed by atoms with Crippen LogP contribution in [0.5, 0.6) is 5.75 Å². The van der Waals surface area contributed by atoms with Crippen molar-refractivity contribution in [1.29, 1.82) is 0 Å². The maximum absolute atomic E-state index is 12.3. The third kappa shape index (κ3) is 2.76. The summed E-state index contributed by atoms with van der Waals surface area (Å²) >= 11 is 0. The normalized spacial score (nSPS) is 18.8. The molecule has 0 bridgehead atoms. The molecular formula is C15H20N2O3. The third-order valence-electron chi connectivity index (χ3n) is 3.63. The van der Waals surface area contributed by atoms with Crippen molar-refractivity contribution < 1.29 is 14.3 Å². The SMILES string of the molecule is CCC(C)NC(=O)C1CC(=O)Nc2c(OC)cccc21. The van der Waals surface area contributed by atoms with Gasteiger partial charge in [-0.2, -0.15) is 0 Å². The molecule has 0 radical (unpaired) electrons. The Morgan fingerprint density at radius 3 is 2.95 bits per heavy atom. The van der Waals surface area contributed by atoms with Crippen molar-refractivity contribution in [2.24, 2.45) is 0 Å². The number of anilines is 1. The number of amides is 2. The van der Waals surface area contributed by atoms with E-state index in [-0.39, 0.29) is 24.3 Å². The number of fused-ring (bicyclic) bond motifs is 1. The summed E-state index contributed by atoms with van der Waals surface area (Å²) < 4.78 is 5.24. The Morgan fingerprint density at radius 1 is 1.55 bits per heavy atom. The van der Waals surface area contributed by atoms with Crippen LogP contribution in [-0.4, -0.2) is 25.0 Å². The molecule has 1 heterocycles. The molecule has 0 spiro atoms. The van der Waals surface area contributed by atoms with Crippen molar-refractivity contribution in [3.63, 3.8) is 0 Å². The van der Waals surface area contributed by atoms with E-state index in [4.69, 9.17) is 4.74 Å². The second kappa shape index (κ2) is 5.94. The van der Waals surface area contributed by atoms with Gasteiger partial charge in [0.05, 0.1) is 18.7 Å². The minimum Gasteiger partial charge on any atom is -0.495 e. The average molecular weight is 276 g/mol. The van der Waals surface area contributed by atoms with Crippen LogP contribution >= 0.6 is 0 Å². The first-order chi connectivity index (χ1) is 9.56. The average Bonchev–Trinajstić information content (AvgIpc) is 2.45. The molecule has 2 atom stereocenters. The van der Waals surface area contributed by atoms with E-state index in [1.807, 2.05) is 26.0 Å². The van der Waals surface area contributed by atoms with Crippen molar-refractivity contribution in [2.45, 2.75) is 38.6 Å². The molecule has 2 unspecified atom stereocenters. The van der Waals surface area contributed by atoms with Gasteiger partial charge in [-0.05, 0) is 25.0 Å². The molecule has 20 heavy (non-hydrogen) atoms. The highest BCUT2D eigenvalue weighted by Crippen LogP contribution is 2.38. The van der Waals surface area contributed by atoms with Gasteiger partial charge < -0.3 is 15.4 Å². The fourth-order valence-corrected chi connectivity index (χ4v) is 2.31. The van der Waals surface area contributed by atoms with Crippen molar-refractivity contribution in [2.75, 3.05) is 12.4 Å². The summed E-state index contributed by atoms with van der Waals surface area (Å²) in [5, 5.41) is 5.73. The van der Waals surface area contributed by atoms with E-state index in [0.717, 1.165) is 12.0 Å². The number of benzene rings is 1. The molecule has 5 heteroatoms. The van der Waals surface area contributed by atoms with E-state index in [1.54, 1.807) is 13.2 Å². The molecule has 1 aliphatic rings. The van der Waals surface area contributed by atoms with Gasteiger partial charge in [0.2, 0.25) is 11.8 Å². The fourth-order valence-electron chi connectivity index (χ4n) is 2.31. The van der Waals surface area contributed by atoms with Crippen LogP contribution in [0.1, 0.15) is 38.2 Å². The van der Waals surface area contributed by atoms with Gasteiger partial charge in [-0.25, -0.2) is 0 Å². The summed E-state index contributed by atoms with van der Waals surface area (Å²) in [5.74, 6) is -0.144. The first kappa shape index (κ1) is 14.4. The van der Waals surface area contributed by atoms with Crippen LogP contribution in [0.3, 0.4) is 0 Å². The Balaban J connectivity index is 2.33. The van der Waals surface area contributed by atoms with Gasteiger partial charge >= 0.3 is 0 Å². The summed E-state index contributed by atoms with van der Waals surface area (Å²) in [6.45, 7) is 3.96. The van der Waals surface area contributed by atoms with Crippen LogP contribution in [0.25, 0.3) is 0 Å². The van der Waals surface area contributed by atoms with Gasteiger partial charge in [-0.1, -0.05) is 19.1 Å². The van der Waals surface area contributed by atoms with E-state index in [1.165, 1.54) is 0 Å². The van der Waals surface area contributed by atoms with E-state index in [2.05, 4.69) is 10.6 Å². The van der Waals surface area contributed by atoms with Crippen LogP contribution < -0.4 is 15.4 Å². The van der Waals surface area contributed by atoms with Gasteiger partial charge in [0.1, 0.15) is 5.75 Å². The lowest BCUT2D eigenvalue weighted by atomic mass is 9.89. The molecule has 2 rings (SSSR count). The van der Waals surface area contributed by atoms with Gasteiger partial charge in [0.15, 0.2) is 0 Å². The van der Waals surface area contributed by atoms with E-state index in [0.29, 0.717) is 11.4 Å². The summed E-state index contributed by atoms with van der Waals surface area (Å²) in [6, 6.07) is 5.56. The van der Waals surface area contributed by atoms with Crippen molar-refractivity contribution in [3.05, 3.63) is 23.8 Å². The number of hydrogen-bond donors (Lipinski definition) is 2. The Labute approximate surface area is 118 Å². The van der Waals surface area contributed by atoms with Crippen LogP contribution in [0.15, 0.2) is 18.2 Å². The largest absolute Gasteiger partial charge is 0.495 e. The lowest BCUT2D eigenvalue weighted by Gasteiger charge is -2.27. The lowest BCUT2D eigenvalue weighted by molar-refractivity contribution is -0.126. The molecule has 0 saturated heterocycles. The summed E-state index contributed by atoms with van der Waals surface area (Å²) in [4.78, 5) is 24.2. The van der Waals surface area contributed by atoms with Crippen LogP contribution in [0.2, 0.25) is 0 Å². The molecule has 0 aliphatic carbocycles. The quantitative estimate of drug-likeness (QED) is 0.884. The van der Waals surface area contributed by atoms with Crippen molar-refractivity contribution in [3.8, 4) is 5.75 Å². The fraction of sp³-hybridized carbons (Fsp3) is 0.467. The predicted molar refractivity (Wildman–Crippen MR) is 76.9 cm³/mol. The number of carbonyl (C=O) groups is 2. The number of methoxy groups -OCH3 is 1. The molecule has 0 saturated carbocycles. The smallest absolute Gasteiger partial charge is 0.228 e. The maximum Gasteiger partial charge on any atom is 0.228 e. The van der Waals surface area contributed by atoms with Crippen LogP contribution in [0, 0.1) is 0 Å². The molecule has 0 fully saturated rings. The van der Waals surface area contributed by atoms with Gasteiger partial charge in [-0.3, -0.25) is 9.59 Å². The van der Waals surface area contributed by atoms with E-state index in [9.17, 15) is 9.59 Å². The molecule has 1 aliphatic heterocycles. The summed E-state index contributed by atoms with van der Waals surface area (Å²) in [6.07, 6.45) is 1.03. The molecule has 2 amide bonds. The molecule has 1 aromatic rings. The zero-order valence-electron chi connectivity index (χ0n) is 12.0. The van der Waals surface area contributed by atoms with E-state index >= 15 is 0 Å². The number of rotatable bonds is 4. The zero-order valence-corrected chi connectivity index (χ0v) is 12.0. The molecule has 1 aromatic carbocycles. The van der Waals surface area contributed by atoms with E-state index < -0.39 is 5.92 Å². The first-order valence-corrected chi connectivity index (χ1v) is 6.84. The monoisotopic (exact) mass is 276 g/mol. The Bertz CT molecular complexity index is 528. The molecule has 0 aromatic heterocycles. The van der Waals surface area contributed by atoms with Crippen LogP contribution in [0.4, 0.5) is 5.69 Å². The van der Waals surface area contributed by atoms with Gasteiger partial charge in [-0.15, -0.1) is 0 Å². The minimum absolute atomic E-state index is 0.0987. The minimum atomic E-state index is -0.456. The van der Waals surface area contributed by atoms with Crippen molar-refractivity contribution in [1.82, 2.24) is 5.32 Å². The summed E-state index contributed by atoms with van der Waals surface area (Å²) in [7, 11) is 1.55. The second-order valence-electron chi connectivity index (χ2n) is 5.05. The number of nitrogens with one attached hydrogen (secondary N) is 2. The highest BCUT2D eigenvalue weighted by molar-refractivity contribution is 6.02. The number of ether oxygens (including phenoxy) is 1. The molecule has 5 nitrogen and oxygen atoms in total. The standard InChI is InChI=1S/C15H20N2O3/c1-4-9(2)16-15(19)11-8-13(18)17-14-10(11)6-5-7-12(14)20-3/h5-7,9,11H,4,8H2,1-3H3,(H,16,19)(H,17,18). The maximum atomic E-state index is 12.3. The number of para-hydroxylation sites is 1. The number of carbonyl (C=O) groups excluding carboxylic acids is 2. The first-order valence-electron chi connectivity index (χ1n) is 6.84. The topological polar surface area (TPSA) is 67.4 Å². The third-order valence-corrected chi connectivity index (χ3v) is 3.63. The highest BCUT2D eigenvalue weighted by Gasteiger charge is 2.32. The Kier molecular flexibility index (Phi) is 4.27. The second-order valence-corrected chi connectivity index (χ2v) is 5.05. The van der Waals surface area contributed by atoms with Crippen LogP contribution in [-0.2, 0) is 9.59 Å². The summed E-state index contributed by atoms with van der Waals surface area (Å²) in [5.41, 5.74) is 1.42. The highest BCUT2D eigenvalue weighted by atomic mass is 16.5. The Morgan fingerprint density at radius 2 is 2.30 bits per heavy atom. The van der Waals surface area contributed by atoms with Crippen molar-refractivity contribution >= 4 is 17.5 Å². The lowest BCUT2D eigenvalue weighted by Crippen LogP contribution is -2.39. The molecule has 2 N–H and O–H groups in total. The Hall–Kier alpha value is -2.04. The zero-order chi connectivity index (χ0) is 14.7.